The van der Waals surface area contributed by atoms with Gasteiger partial charge in [0.05, 0.1) is 18.7 Å². The predicted molar refractivity (Wildman–Crippen MR) is 117 cm³/mol. The summed E-state index contributed by atoms with van der Waals surface area (Å²) in [6.45, 7) is 3.69. The van der Waals surface area contributed by atoms with Gasteiger partial charge in [-0.3, -0.25) is 9.59 Å². The SMILES string of the molecule is COc1cc(C)c(/C(O)=C2\C(=O)C(=O)N(C3CCCC3)C2c2cccc(O)c2)cc1C. The quantitative estimate of drug-likeness (QED) is 0.435. The van der Waals surface area contributed by atoms with Crippen LogP contribution < -0.4 is 4.74 Å². The van der Waals surface area contributed by atoms with Crippen molar-refractivity contribution in [1.29, 1.82) is 0 Å². The Bertz CT molecular complexity index is 1080. The van der Waals surface area contributed by atoms with Crippen molar-refractivity contribution in [1.82, 2.24) is 4.90 Å². The molecule has 1 atom stereocenters. The van der Waals surface area contributed by atoms with Crippen LogP contribution in [0.4, 0.5) is 0 Å². The first-order valence-electron chi connectivity index (χ1n) is 10.6. The molecule has 1 heterocycles. The van der Waals surface area contributed by atoms with Crippen LogP contribution in [0, 0.1) is 13.8 Å². The highest BCUT2D eigenvalue weighted by atomic mass is 16.5. The van der Waals surface area contributed by atoms with Crippen molar-refractivity contribution >= 4 is 17.4 Å². The molecule has 4 rings (SSSR count). The zero-order valence-electron chi connectivity index (χ0n) is 18.0. The van der Waals surface area contributed by atoms with Gasteiger partial charge in [0.1, 0.15) is 17.3 Å². The number of aliphatic hydroxyl groups is 1. The molecule has 1 aliphatic carbocycles. The number of methoxy groups -OCH3 is 1. The molecule has 1 aliphatic heterocycles. The maximum absolute atomic E-state index is 13.2. The Kier molecular flexibility index (Phi) is 5.48. The van der Waals surface area contributed by atoms with Crippen LogP contribution in [0.15, 0.2) is 42.0 Å². The summed E-state index contributed by atoms with van der Waals surface area (Å²) in [6, 6.07) is 9.33. The highest BCUT2D eigenvalue weighted by molar-refractivity contribution is 6.46. The van der Waals surface area contributed by atoms with E-state index in [2.05, 4.69) is 0 Å². The van der Waals surface area contributed by atoms with Crippen LogP contribution in [-0.2, 0) is 9.59 Å². The molecule has 2 fully saturated rings. The molecule has 162 valence electrons. The number of aliphatic hydroxyl groups excluding tert-OH is 1. The molecule has 0 spiro atoms. The van der Waals surface area contributed by atoms with Crippen LogP contribution in [0.3, 0.4) is 0 Å². The van der Waals surface area contributed by atoms with Gasteiger partial charge in [-0.2, -0.15) is 0 Å². The number of phenols is 1. The number of benzene rings is 2. The minimum absolute atomic E-state index is 0.0472. The highest BCUT2D eigenvalue weighted by Crippen LogP contribution is 2.44. The van der Waals surface area contributed by atoms with Gasteiger partial charge in [0.25, 0.3) is 11.7 Å². The van der Waals surface area contributed by atoms with Crippen molar-refractivity contribution in [3.8, 4) is 11.5 Å². The van der Waals surface area contributed by atoms with E-state index in [0.717, 1.165) is 36.8 Å². The van der Waals surface area contributed by atoms with Gasteiger partial charge in [0.15, 0.2) is 0 Å². The van der Waals surface area contributed by atoms with Crippen molar-refractivity contribution in [2.75, 3.05) is 7.11 Å². The molecule has 2 aromatic carbocycles. The number of hydrogen-bond donors (Lipinski definition) is 2. The molecular weight excluding hydrogens is 394 g/mol. The summed E-state index contributed by atoms with van der Waals surface area (Å²) >= 11 is 0. The van der Waals surface area contributed by atoms with Crippen molar-refractivity contribution in [2.24, 2.45) is 0 Å². The fourth-order valence-corrected chi connectivity index (χ4v) is 4.84. The lowest BCUT2D eigenvalue weighted by molar-refractivity contribution is -0.141. The van der Waals surface area contributed by atoms with Crippen LogP contribution in [0.1, 0.15) is 54.0 Å². The van der Waals surface area contributed by atoms with E-state index in [1.165, 1.54) is 0 Å². The van der Waals surface area contributed by atoms with Crippen LogP contribution in [0.2, 0.25) is 0 Å². The van der Waals surface area contributed by atoms with Gasteiger partial charge < -0.3 is 19.8 Å². The number of ketones is 1. The van der Waals surface area contributed by atoms with Crippen molar-refractivity contribution in [3.63, 3.8) is 0 Å². The second kappa shape index (κ2) is 8.10. The number of likely N-dealkylation sites (tertiary alicyclic amines) is 1. The van der Waals surface area contributed by atoms with Crippen LogP contribution in [0.25, 0.3) is 5.76 Å². The van der Waals surface area contributed by atoms with Gasteiger partial charge in [-0.25, -0.2) is 0 Å². The maximum Gasteiger partial charge on any atom is 0.295 e. The fraction of sp³-hybridized carbons (Fsp3) is 0.360. The third-order valence-electron chi connectivity index (χ3n) is 6.38. The van der Waals surface area contributed by atoms with Gasteiger partial charge in [0.2, 0.25) is 0 Å². The summed E-state index contributed by atoms with van der Waals surface area (Å²) in [5.41, 5.74) is 2.72. The third-order valence-corrected chi connectivity index (χ3v) is 6.38. The molecule has 1 unspecified atom stereocenters. The van der Waals surface area contributed by atoms with Gasteiger partial charge in [-0.05, 0) is 67.6 Å². The molecule has 0 radical (unpaired) electrons. The van der Waals surface area contributed by atoms with Crippen molar-refractivity contribution in [3.05, 3.63) is 64.2 Å². The van der Waals surface area contributed by atoms with Gasteiger partial charge in [-0.1, -0.05) is 25.0 Å². The number of amides is 1. The zero-order valence-corrected chi connectivity index (χ0v) is 18.0. The molecule has 0 aromatic heterocycles. The normalized spacial score (nSPS) is 21.1. The Morgan fingerprint density at radius 1 is 1.06 bits per heavy atom. The predicted octanol–water partition coefficient (Wildman–Crippen LogP) is 4.38. The molecule has 1 amide bonds. The first kappa shape index (κ1) is 21.0. The topological polar surface area (TPSA) is 87.1 Å². The number of hydrogen-bond acceptors (Lipinski definition) is 5. The Morgan fingerprint density at radius 3 is 2.42 bits per heavy atom. The number of rotatable bonds is 4. The molecule has 6 heteroatoms. The molecule has 2 aromatic rings. The number of nitrogens with zero attached hydrogens (tertiary/aromatic N) is 1. The molecule has 1 saturated heterocycles. The van der Waals surface area contributed by atoms with Gasteiger partial charge in [0, 0.05) is 11.6 Å². The number of aryl methyl sites for hydroxylation is 2. The first-order valence-corrected chi connectivity index (χ1v) is 10.6. The van der Waals surface area contributed by atoms with Crippen LogP contribution in [0.5, 0.6) is 11.5 Å². The third kappa shape index (κ3) is 3.56. The summed E-state index contributed by atoms with van der Waals surface area (Å²) in [4.78, 5) is 27.9. The smallest absolute Gasteiger partial charge is 0.295 e. The molecule has 31 heavy (non-hydrogen) atoms. The van der Waals surface area contributed by atoms with E-state index in [0.29, 0.717) is 16.9 Å². The summed E-state index contributed by atoms with van der Waals surface area (Å²) in [5, 5.41) is 21.4. The first-order chi connectivity index (χ1) is 14.8. The molecule has 2 aliphatic rings. The second-order valence-electron chi connectivity index (χ2n) is 8.38. The Hall–Kier alpha value is -3.28. The fourth-order valence-electron chi connectivity index (χ4n) is 4.84. The lowest BCUT2D eigenvalue weighted by Crippen LogP contribution is -2.37. The summed E-state index contributed by atoms with van der Waals surface area (Å²) in [6.07, 6.45) is 3.64. The lowest BCUT2D eigenvalue weighted by atomic mass is 9.92. The van der Waals surface area contributed by atoms with Crippen LogP contribution >= 0.6 is 0 Å². The van der Waals surface area contributed by atoms with E-state index in [4.69, 9.17) is 4.74 Å². The number of Topliss-reactive ketones (excluding diaryl/α,β-unsaturated/α-hetero) is 1. The second-order valence-corrected chi connectivity index (χ2v) is 8.38. The molecule has 2 N–H and O–H groups in total. The highest BCUT2D eigenvalue weighted by Gasteiger charge is 2.49. The standard InChI is InChI=1S/C25H27NO5/c1-14-12-20(31-3)15(2)11-19(14)23(28)21-22(16-7-6-10-18(27)13-16)26(25(30)24(21)29)17-8-4-5-9-17/h6-7,10-13,17,22,27-28H,4-5,8-9H2,1-3H3/b23-21+. The molecular formula is C25H27NO5. The minimum Gasteiger partial charge on any atom is -0.508 e. The van der Waals surface area contributed by atoms with Crippen LogP contribution in [-0.4, -0.2) is 40.0 Å². The average Bonchev–Trinajstić information content (AvgIpc) is 3.36. The maximum atomic E-state index is 13.2. The number of carbonyl (C=O) groups is 2. The van der Waals surface area contributed by atoms with E-state index >= 15 is 0 Å². The largest absolute Gasteiger partial charge is 0.508 e. The number of carbonyl (C=O) groups excluding carboxylic acids is 2. The molecule has 6 nitrogen and oxygen atoms in total. The van der Waals surface area contributed by atoms with E-state index in [1.807, 2.05) is 13.8 Å². The number of phenolic OH excluding ortho intramolecular Hbond substituents is 1. The lowest BCUT2D eigenvalue weighted by Gasteiger charge is -2.30. The van der Waals surface area contributed by atoms with E-state index in [1.54, 1.807) is 48.4 Å². The van der Waals surface area contributed by atoms with E-state index in [9.17, 15) is 19.8 Å². The van der Waals surface area contributed by atoms with Gasteiger partial charge >= 0.3 is 0 Å². The Morgan fingerprint density at radius 2 is 1.77 bits per heavy atom. The number of ether oxygens (including phenoxy) is 1. The Labute approximate surface area is 181 Å². The van der Waals surface area contributed by atoms with E-state index in [-0.39, 0.29) is 23.1 Å². The molecule has 1 saturated carbocycles. The number of aromatic hydroxyl groups is 1. The summed E-state index contributed by atoms with van der Waals surface area (Å²) < 4.78 is 5.36. The average molecular weight is 421 g/mol. The molecule has 0 bridgehead atoms. The Balaban J connectivity index is 1.92. The van der Waals surface area contributed by atoms with E-state index < -0.39 is 17.7 Å². The van der Waals surface area contributed by atoms with Crippen molar-refractivity contribution in [2.45, 2.75) is 51.6 Å². The van der Waals surface area contributed by atoms with Gasteiger partial charge in [-0.15, -0.1) is 0 Å². The van der Waals surface area contributed by atoms with Crippen molar-refractivity contribution < 1.29 is 24.5 Å². The minimum atomic E-state index is -0.739. The summed E-state index contributed by atoms with van der Waals surface area (Å²) in [7, 11) is 1.58. The monoisotopic (exact) mass is 421 g/mol. The zero-order chi connectivity index (χ0) is 22.3. The summed E-state index contributed by atoms with van der Waals surface area (Å²) in [5.74, 6) is -0.748.